The number of carbonyl (C=O) groups excluding carboxylic acids is 1. The van der Waals surface area contributed by atoms with Crippen molar-refractivity contribution in [1.29, 1.82) is 0 Å². The second-order valence-electron chi connectivity index (χ2n) is 9.80. The molecule has 0 radical (unpaired) electrons. The fourth-order valence-electron chi connectivity index (χ4n) is 4.73. The molecule has 1 amide bonds. The van der Waals surface area contributed by atoms with Crippen molar-refractivity contribution >= 4 is 29.0 Å². The van der Waals surface area contributed by atoms with E-state index < -0.39 is 6.09 Å². The van der Waals surface area contributed by atoms with Crippen LogP contribution in [0.5, 0.6) is 0 Å². The van der Waals surface area contributed by atoms with Gasteiger partial charge in [0.15, 0.2) is 12.2 Å². The van der Waals surface area contributed by atoms with Gasteiger partial charge >= 0.3 is 6.09 Å². The van der Waals surface area contributed by atoms with Crippen LogP contribution in [-0.2, 0) is 11.2 Å². The third-order valence-corrected chi connectivity index (χ3v) is 7.20. The summed E-state index contributed by atoms with van der Waals surface area (Å²) in [7, 11) is 1.32. The number of aromatic amines is 1. The number of imidazole rings is 1. The van der Waals surface area contributed by atoms with E-state index in [4.69, 9.17) is 21.0 Å². The van der Waals surface area contributed by atoms with E-state index in [1.165, 1.54) is 19.7 Å². The van der Waals surface area contributed by atoms with Gasteiger partial charge in [-0.25, -0.2) is 14.8 Å². The van der Waals surface area contributed by atoms with Crippen LogP contribution in [-0.4, -0.2) is 28.2 Å². The molecule has 1 unspecified atom stereocenters. The summed E-state index contributed by atoms with van der Waals surface area (Å²) in [5.74, 6) is 1.06. The lowest BCUT2D eigenvalue weighted by molar-refractivity contribution is 0.187. The van der Waals surface area contributed by atoms with Crippen molar-refractivity contribution in [3.63, 3.8) is 0 Å². The average molecular weight is 607 g/mol. The number of allylic oxidation sites excluding steroid dienone is 4. The number of hydroxylamine groups is 1. The average Bonchev–Trinajstić information content (AvgIpc) is 3.76. The second-order valence-corrected chi connectivity index (χ2v) is 10.2. The third kappa shape index (κ3) is 7.33. The number of benzene rings is 3. The van der Waals surface area contributed by atoms with Crippen molar-refractivity contribution in [1.82, 2.24) is 20.4 Å². The van der Waals surface area contributed by atoms with Gasteiger partial charge in [-0.2, -0.15) is 0 Å². The number of nitrogens with zero attached hydrogens (tertiary/aromatic N) is 2. The molecule has 44 heavy (non-hydrogen) atoms. The first-order chi connectivity index (χ1) is 21.4. The van der Waals surface area contributed by atoms with Crippen molar-refractivity contribution in [3.8, 4) is 22.6 Å². The smallest absolute Gasteiger partial charge is 0.411 e. The van der Waals surface area contributed by atoms with Crippen LogP contribution in [0.25, 0.3) is 28.2 Å². The zero-order valence-corrected chi connectivity index (χ0v) is 24.5. The molecular formula is C34H29ClN5O4-. The Morgan fingerprint density at radius 1 is 1.11 bits per heavy atom. The fraction of sp³-hybridized carbons (Fsp3) is 0.0882. The van der Waals surface area contributed by atoms with Crippen LogP contribution in [0.15, 0.2) is 127 Å². The van der Waals surface area contributed by atoms with Crippen molar-refractivity contribution in [2.45, 2.75) is 12.3 Å². The molecule has 0 aliphatic rings. The predicted molar refractivity (Wildman–Crippen MR) is 173 cm³/mol. The predicted octanol–water partition coefficient (Wildman–Crippen LogP) is 8.13. The fourth-order valence-corrected chi connectivity index (χ4v) is 4.90. The van der Waals surface area contributed by atoms with Crippen molar-refractivity contribution in [3.05, 3.63) is 149 Å². The number of methoxy groups -OCH3 is 1. The van der Waals surface area contributed by atoms with E-state index in [9.17, 15) is 10.0 Å². The van der Waals surface area contributed by atoms with Crippen LogP contribution in [0.2, 0.25) is 5.02 Å². The maximum atomic E-state index is 11.6. The molecule has 0 aliphatic heterocycles. The summed E-state index contributed by atoms with van der Waals surface area (Å²) in [4.78, 5) is 23.7. The van der Waals surface area contributed by atoms with Crippen molar-refractivity contribution < 1.29 is 13.9 Å². The summed E-state index contributed by atoms with van der Waals surface area (Å²) in [6, 6.07) is 22.8. The molecule has 2 heterocycles. The van der Waals surface area contributed by atoms with E-state index in [1.807, 2.05) is 54.0 Å². The Balaban J connectivity index is 1.44. The van der Waals surface area contributed by atoms with Crippen LogP contribution < -0.4 is 10.8 Å². The van der Waals surface area contributed by atoms with Gasteiger partial charge in [-0.3, -0.25) is 5.32 Å². The van der Waals surface area contributed by atoms with Crippen LogP contribution in [0.3, 0.4) is 0 Å². The maximum absolute atomic E-state index is 11.6. The number of anilines is 1. The van der Waals surface area contributed by atoms with Gasteiger partial charge in [-0.1, -0.05) is 72.8 Å². The molecule has 2 aromatic heterocycles. The lowest BCUT2D eigenvalue weighted by atomic mass is 9.90. The van der Waals surface area contributed by atoms with Gasteiger partial charge in [-0.05, 0) is 70.8 Å². The highest BCUT2D eigenvalue weighted by molar-refractivity contribution is 6.31. The number of rotatable bonds is 11. The van der Waals surface area contributed by atoms with E-state index in [0.717, 1.165) is 33.8 Å². The Morgan fingerprint density at radius 2 is 1.91 bits per heavy atom. The number of H-pyrrole nitrogens is 1. The topological polar surface area (TPSA) is 128 Å². The largest absolute Gasteiger partial charge is 0.761 e. The van der Waals surface area contributed by atoms with Gasteiger partial charge < -0.3 is 24.8 Å². The van der Waals surface area contributed by atoms with Gasteiger partial charge in [0.05, 0.1) is 25.2 Å². The Kier molecular flexibility index (Phi) is 9.71. The number of hydrogen-bond acceptors (Lipinski definition) is 7. The summed E-state index contributed by atoms with van der Waals surface area (Å²) in [6.07, 6.45) is 9.86. The number of carbonyl (C=O) groups is 1. The lowest BCUT2D eigenvalue weighted by Crippen LogP contribution is -2.10. The molecule has 5 aromatic rings. The van der Waals surface area contributed by atoms with Gasteiger partial charge in [0.2, 0.25) is 0 Å². The highest BCUT2D eigenvalue weighted by Crippen LogP contribution is 2.34. The number of nitrogens with one attached hydrogen (secondary N) is 3. The van der Waals surface area contributed by atoms with Gasteiger partial charge in [0.25, 0.3) is 0 Å². The van der Waals surface area contributed by atoms with Gasteiger partial charge in [-0.15, -0.1) is 0 Å². The number of ether oxygens (including phenoxy) is 1. The van der Waals surface area contributed by atoms with Crippen LogP contribution >= 0.6 is 11.6 Å². The third-order valence-electron chi connectivity index (χ3n) is 6.97. The number of halogens is 1. The second kappa shape index (κ2) is 14.2. The van der Waals surface area contributed by atoms with E-state index >= 15 is 0 Å². The molecular weight excluding hydrogens is 578 g/mol. The Morgan fingerprint density at radius 3 is 2.61 bits per heavy atom. The molecule has 222 valence electrons. The zero-order chi connectivity index (χ0) is 30.9. The molecule has 9 nitrogen and oxygen atoms in total. The highest BCUT2D eigenvalue weighted by Gasteiger charge is 2.19. The summed E-state index contributed by atoms with van der Waals surface area (Å²) in [5, 5.41) is 14.7. The monoisotopic (exact) mass is 606 g/mol. The van der Waals surface area contributed by atoms with E-state index in [2.05, 4.69) is 38.7 Å². The van der Waals surface area contributed by atoms with Gasteiger partial charge in [0, 0.05) is 22.2 Å². The molecule has 5 rings (SSSR count). The zero-order valence-electron chi connectivity index (χ0n) is 23.8. The quantitative estimate of drug-likeness (QED) is 0.102. The van der Waals surface area contributed by atoms with E-state index in [-0.39, 0.29) is 5.92 Å². The molecule has 3 aromatic carbocycles. The number of hydrogen-bond donors (Lipinski definition) is 3. The van der Waals surface area contributed by atoms with Crippen molar-refractivity contribution in [2.75, 3.05) is 12.4 Å². The molecule has 0 saturated heterocycles. The van der Waals surface area contributed by atoms with Crippen LogP contribution in [0.1, 0.15) is 22.9 Å². The van der Waals surface area contributed by atoms with Crippen LogP contribution in [0.4, 0.5) is 10.5 Å². The first-order valence-electron chi connectivity index (χ1n) is 13.6. The summed E-state index contributed by atoms with van der Waals surface area (Å²) >= 11 is 6.35. The first-order valence-corrected chi connectivity index (χ1v) is 14.0. The molecule has 0 bridgehead atoms. The SMILES string of the molecule is C=C(C=CC(=CN[O-])c1cc(Cl)ccc1-c1cnco1)C(Cc1ccccc1)c1ncc(-c2ccc(NC(=O)OC)cc2)[nH]1. The van der Waals surface area contributed by atoms with E-state index in [1.54, 1.807) is 36.7 Å². The molecule has 3 N–H and O–H groups in total. The normalized spacial score (nSPS) is 12.2. The van der Waals surface area contributed by atoms with Gasteiger partial charge in [0.1, 0.15) is 5.82 Å². The maximum Gasteiger partial charge on any atom is 0.411 e. The molecule has 0 fully saturated rings. The van der Waals surface area contributed by atoms with Crippen LogP contribution in [0, 0.1) is 5.21 Å². The van der Waals surface area contributed by atoms with Crippen molar-refractivity contribution in [2.24, 2.45) is 0 Å². The minimum absolute atomic E-state index is 0.211. The lowest BCUT2D eigenvalue weighted by Gasteiger charge is -2.17. The Bertz CT molecular complexity index is 1780. The summed E-state index contributed by atoms with van der Waals surface area (Å²) in [6.45, 7) is 4.39. The standard InChI is InChI=1S/C34H29ClN5O4/c1-22(8-9-25(18-38-42)30-17-26(35)12-15-28(30)32-20-36-21-44-32)29(16-23-6-4-3-5-7-23)33-37-19-31(40-33)24-10-13-27(14-11-24)39-34(41)43-2/h3-15,17-21,29,38H,1,16H2,2H3,(H,37,40)(H,39,41)/q-1. The first kappa shape index (κ1) is 30.1. The Hall–Kier alpha value is -5.38. The molecule has 0 saturated carbocycles. The number of amides is 1. The number of oxazole rings is 1. The molecule has 0 spiro atoms. The molecule has 10 heteroatoms. The van der Waals surface area contributed by atoms with E-state index in [0.29, 0.717) is 34.0 Å². The Labute approximate surface area is 259 Å². The highest BCUT2D eigenvalue weighted by atomic mass is 35.5. The summed E-state index contributed by atoms with van der Waals surface area (Å²) in [5.41, 5.74) is 8.09. The molecule has 1 atom stereocenters. The molecule has 0 aliphatic carbocycles. The minimum atomic E-state index is -0.537. The summed E-state index contributed by atoms with van der Waals surface area (Å²) < 4.78 is 10.2. The minimum Gasteiger partial charge on any atom is -0.761 e. The number of aromatic nitrogens is 3.